The zero-order valence-corrected chi connectivity index (χ0v) is 17.9. The number of carbonyl (C=O) groups is 1. The van der Waals surface area contributed by atoms with Gasteiger partial charge in [-0.2, -0.15) is 0 Å². The first-order valence-corrected chi connectivity index (χ1v) is 9.88. The van der Waals surface area contributed by atoms with Crippen LogP contribution in [0.5, 0.6) is 17.2 Å². The minimum atomic E-state index is -0.380. The molecule has 0 radical (unpaired) electrons. The van der Waals surface area contributed by atoms with Gasteiger partial charge in [-0.25, -0.2) is 0 Å². The van der Waals surface area contributed by atoms with E-state index in [1.165, 1.54) is 11.7 Å². The highest BCUT2D eigenvalue weighted by molar-refractivity contribution is 6.13. The van der Waals surface area contributed by atoms with Crippen LogP contribution in [0.15, 0.2) is 77.7 Å². The van der Waals surface area contributed by atoms with Gasteiger partial charge in [0.15, 0.2) is 0 Å². The molecule has 7 nitrogen and oxygen atoms in total. The Kier molecular flexibility index (Phi) is 5.81. The van der Waals surface area contributed by atoms with Crippen LogP contribution >= 0.6 is 0 Å². The molecule has 162 valence electrons. The van der Waals surface area contributed by atoms with Crippen molar-refractivity contribution in [2.45, 2.75) is 0 Å². The summed E-state index contributed by atoms with van der Waals surface area (Å²) >= 11 is 0. The van der Waals surface area contributed by atoms with E-state index >= 15 is 0 Å². The Balaban J connectivity index is 1.84. The molecule has 0 fully saturated rings. The zero-order chi connectivity index (χ0) is 22.7. The molecule has 4 aromatic rings. The van der Waals surface area contributed by atoms with Crippen LogP contribution in [0, 0.1) is 0 Å². The minimum absolute atomic E-state index is 0.221. The number of hydrogen-bond donors (Lipinski definition) is 1. The number of fused-ring (bicyclic) bond motifs is 1. The summed E-state index contributed by atoms with van der Waals surface area (Å²) in [7, 11) is 4.65. The quantitative estimate of drug-likeness (QED) is 0.494. The fraction of sp³-hybridized carbons (Fsp3) is 0.120. The second-order valence-electron chi connectivity index (χ2n) is 6.98. The summed E-state index contributed by atoms with van der Waals surface area (Å²) in [5.41, 5.74) is 1.21. The molecule has 0 saturated carbocycles. The lowest BCUT2D eigenvalue weighted by atomic mass is 10.1. The van der Waals surface area contributed by atoms with Crippen molar-refractivity contribution >= 4 is 22.4 Å². The summed E-state index contributed by atoms with van der Waals surface area (Å²) in [6.07, 6.45) is 1.55. The zero-order valence-electron chi connectivity index (χ0n) is 17.9. The molecule has 0 saturated heterocycles. The lowest BCUT2D eigenvalue weighted by molar-refractivity contribution is 0.102. The van der Waals surface area contributed by atoms with Gasteiger partial charge in [-0.15, -0.1) is 0 Å². The van der Waals surface area contributed by atoms with Gasteiger partial charge in [0.2, 0.25) is 0 Å². The van der Waals surface area contributed by atoms with E-state index in [4.69, 9.17) is 14.2 Å². The van der Waals surface area contributed by atoms with Crippen LogP contribution in [0.2, 0.25) is 0 Å². The predicted molar refractivity (Wildman–Crippen MR) is 124 cm³/mol. The molecule has 0 atom stereocenters. The average molecular weight is 430 g/mol. The molecule has 1 aromatic heterocycles. The van der Waals surface area contributed by atoms with Crippen molar-refractivity contribution in [3.8, 4) is 22.9 Å². The number of ether oxygens (including phenoxy) is 3. The Labute approximate surface area is 184 Å². The predicted octanol–water partition coefficient (Wildman–Crippen LogP) is 4.27. The molecular formula is C25H22N2O5. The highest BCUT2D eigenvalue weighted by Crippen LogP contribution is 2.30. The van der Waals surface area contributed by atoms with Crippen molar-refractivity contribution in [3.05, 3.63) is 88.8 Å². The van der Waals surface area contributed by atoms with Crippen LogP contribution in [-0.4, -0.2) is 31.8 Å². The van der Waals surface area contributed by atoms with Gasteiger partial charge >= 0.3 is 0 Å². The first-order valence-electron chi connectivity index (χ1n) is 9.88. The molecule has 0 aliphatic heterocycles. The highest BCUT2D eigenvalue weighted by Gasteiger charge is 2.17. The summed E-state index contributed by atoms with van der Waals surface area (Å²) in [6, 6.07) is 19.2. The van der Waals surface area contributed by atoms with Crippen molar-refractivity contribution < 1.29 is 19.0 Å². The van der Waals surface area contributed by atoms with Crippen LogP contribution in [-0.2, 0) is 0 Å². The summed E-state index contributed by atoms with van der Waals surface area (Å²) in [5, 5.41) is 3.88. The molecule has 1 heterocycles. The lowest BCUT2D eigenvalue weighted by Crippen LogP contribution is -2.22. The van der Waals surface area contributed by atoms with Crippen LogP contribution in [0.3, 0.4) is 0 Å². The van der Waals surface area contributed by atoms with E-state index in [1.54, 1.807) is 87.1 Å². The van der Waals surface area contributed by atoms with Crippen LogP contribution < -0.4 is 25.1 Å². The summed E-state index contributed by atoms with van der Waals surface area (Å²) in [6.45, 7) is 0. The van der Waals surface area contributed by atoms with Gasteiger partial charge in [-0.05, 0) is 42.5 Å². The van der Waals surface area contributed by atoms with Crippen molar-refractivity contribution in [1.82, 2.24) is 4.57 Å². The molecule has 7 heteroatoms. The average Bonchev–Trinajstić information content (AvgIpc) is 2.84. The van der Waals surface area contributed by atoms with E-state index in [-0.39, 0.29) is 11.5 Å². The van der Waals surface area contributed by atoms with Gasteiger partial charge in [-0.3, -0.25) is 14.2 Å². The van der Waals surface area contributed by atoms with E-state index in [0.717, 1.165) is 0 Å². The van der Waals surface area contributed by atoms with Crippen molar-refractivity contribution in [1.29, 1.82) is 0 Å². The highest BCUT2D eigenvalue weighted by atomic mass is 16.5. The van der Waals surface area contributed by atoms with Gasteiger partial charge in [0, 0.05) is 28.7 Å². The smallest absolute Gasteiger partial charge is 0.262 e. The van der Waals surface area contributed by atoms with Gasteiger partial charge in [0.25, 0.3) is 11.5 Å². The van der Waals surface area contributed by atoms with E-state index < -0.39 is 0 Å². The normalized spacial score (nSPS) is 10.6. The number of benzene rings is 3. The van der Waals surface area contributed by atoms with Gasteiger partial charge in [0.1, 0.15) is 17.2 Å². The molecule has 0 aliphatic carbocycles. The van der Waals surface area contributed by atoms with Crippen LogP contribution in [0.25, 0.3) is 16.5 Å². The lowest BCUT2D eigenvalue weighted by Gasteiger charge is -2.15. The monoisotopic (exact) mass is 430 g/mol. The molecule has 0 spiro atoms. The van der Waals surface area contributed by atoms with E-state index in [9.17, 15) is 9.59 Å². The van der Waals surface area contributed by atoms with Gasteiger partial charge in [0.05, 0.1) is 32.6 Å². The molecule has 32 heavy (non-hydrogen) atoms. The maximum atomic E-state index is 13.3. The molecule has 4 rings (SSSR count). The van der Waals surface area contributed by atoms with Crippen molar-refractivity contribution in [2.24, 2.45) is 0 Å². The molecule has 0 aliphatic rings. The number of pyridine rings is 1. The largest absolute Gasteiger partial charge is 0.497 e. The standard InChI is InChI=1S/C25H22N2O5/c1-30-17-10-8-16(9-11-17)27-15-21(19-6-4-5-7-20(19)25(27)29)24(28)26-22-14-18(31-2)12-13-23(22)32-3/h4-15H,1-3H3,(H,26,28). The third-order valence-electron chi connectivity index (χ3n) is 5.17. The number of hydrogen-bond acceptors (Lipinski definition) is 5. The number of nitrogens with one attached hydrogen (secondary N) is 1. The van der Waals surface area contributed by atoms with Gasteiger partial charge < -0.3 is 19.5 Å². The Hall–Kier alpha value is -4.26. The first-order chi connectivity index (χ1) is 15.5. The number of anilines is 1. The first kappa shape index (κ1) is 21.0. The van der Waals surface area contributed by atoms with E-state index in [0.29, 0.717) is 45.0 Å². The molecule has 3 aromatic carbocycles. The Morgan fingerprint density at radius 2 is 1.47 bits per heavy atom. The maximum Gasteiger partial charge on any atom is 0.262 e. The number of carbonyl (C=O) groups excluding carboxylic acids is 1. The fourth-order valence-electron chi connectivity index (χ4n) is 3.51. The summed E-state index contributed by atoms with van der Waals surface area (Å²) in [5.74, 6) is 1.36. The van der Waals surface area contributed by atoms with Crippen LogP contribution in [0.4, 0.5) is 5.69 Å². The minimum Gasteiger partial charge on any atom is -0.497 e. The Bertz CT molecular complexity index is 1340. The summed E-state index contributed by atoms with van der Waals surface area (Å²) < 4.78 is 17.3. The van der Waals surface area contributed by atoms with Crippen molar-refractivity contribution in [3.63, 3.8) is 0 Å². The number of nitrogens with zero attached hydrogens (tertiary/aromatic N) is 1. The van der Waals surface area contributed by atoms with Gasteiger partial charge in [-0.1, -0.05) is 18.2 Å². The second-order valence-corrected chi connectivity index (χ2v) is 6.98. The topological polar surface area (TPSA) is 78.8 Å². The summed E-state index contributed by atoms with van der Waals surface area (Å²) in [4.78, 5) is 26.5. The SMILES string of the molecule is COc1ccc(-n2cc(C(=O)Nc3cc(OC)ccc3OC)c3ccccc3c2=O)cc1. The molecule has 0 bridgehead atoms. The maximum absolute atomic E-state index is 13.3. The number of amides is 1. The van der Waals surface area contributed by atoms with Crippen molar-refractivity contribution in [2.75, 3.05) is 26.6 Å². The number of aromatic nitrogens is 1. The molecule has 0 unspecified atom stereocenters. The third-order valence-corrected chi connectivity index (χ3v) is 5.17. The fourth-order valence-corrected chi connectivity index (χ4v) is 3.51. The van der Waals surface area contributed by atoms with E-state index in [1.807, 2.05) is 0 Å². The third kappa shape index (κ3) is 3.88. The Morgan fingerprint density at radius 3 is 2.12 bits per heavy atom. The van der Waals surface area contributed by atoms with E-state index in [2.05, 4.69) is 5.32 Å². The second kappa shape index (κ2) is 8.85. The number of methoxy groups -OCH3 is 3. The van der Waals surface area contributed by atoms with Crippen LogP contribution in [0.1, 0.15) is 10.4 Å². The Morgan fingerprint density at radius 1 is 0.812 bits per heavy atom. The molecule has 1 amide bonds. The number of rotatable bonds is 6. The molecular weight excluding hydrogens is 408 g/mol. The molecule has 1 N–H and O–H groups in total.